The molecule has 0 aromatic carbocycles. The van der Waals surface area contributed by atoms with Gasteiger partial charge in [0.1, 0.15) is 0 Å². The van der Waals surface area contributed by atoms with Crippen LogP contribution in [-0.4, -0.2) is 23.5 Å². The molecule has 2 bridgehead atoms. The van der Waals surface area contributed by atoms with Crippen LogP contribution in [0.4, 0.5) is 0 Å². The smallest absolute Gasteiger partial charge is 0.307 e. The molecule has 4 nitrogen and oxygen atoms in total. The van der Waals surface area contributed by atoms with Gasteiger partial charge in [0.05, 0.1) is 11.8 Å². The van der Waals surface area contributed by atoms with Crippen molar-refractivity contribution in [1.82, 2.24) is 5.32 Å². The first-order valence-electron chi connectivity index (χ1n) is 6.34. The molecule has 1 fully saturated rings. The highest BCUT2D eigenvalue weighted by Gasteiger charge is 2.51. The molecule has 0 aliphatic heterocycles. The Labute approximate surface area is 101 Å². The van der Waals surface area contributed by atoms with Gasteiger partial charge in [-0.3, -0.25) is 9.59 Å². The molecule has 2 N–H and O–H groups in total. The molecular weight excluding hydrogens is 218 g/mol. The van der Waals surface area contributed by atoms with Crippen LogP contribution in [0.15, 0.2) is 12.2 Å². The Morgan fingerprint density at radius 3 is 2.53 bits per heavy atom. The van der Waals surface area contributed by atoms with E-state index in [4.69, 9.17) is 0 Å². The van der Waals surface area contributed by atoms with Gasteiger partial charge in [0.15, 0.2) is 0 Å². The van der Waals surface area contributed by atoms with Gasteiger partial charge in [0, 0.05) is 6.54 Å². The van der Waals surface area contributed by atoms with Crippen LogP contribution in [0, 0.1) is 23.7 Å². The quantitative estimate of drug-likeness (QED) is 0.561. The predicted octanol–water partition coefficient (Wildman–Crippen LogP) is 1.43. The van der Waals surface area contributed by atoms with Gasteiger partial charge in [-0.05, 0) is 24.7 Å². The normalized spacial score (nSPS) is 33.9. The van der Waals surface area contributed by atoms with Gasteiger partial charge in [0.2, 0.25) is 5.91 Å². The van der Waals surface area contributed by atoms with Gasteiger partial charge in [0.25, 0.3) is 0 Å². The Morgan fingerprint density at radius 1 is 1.29 bits per heavy atom. The summed E-state index contributed by atoms with van der Waals surface area (Å²) in [5.74, 6) is -1.62. The number of aliphatic carboxylic acids is 1. The monoisotopic (exact) mass is 237 g/mol. The van der Waals surface area contributed by atoms with Crippen LogP contribution in [-0.2, 0) is 9.59 Å². The lowest BCUT2D eigenvalue weighted by atomic mass is 9.82. The third kappa shape index (κ3) is 2.21. The molecule has 1 amide bonds. The zero-order valence-electron chi connectivity index (χ0n) is 10.1. The van der Waals surface area contributed by atoms with Crippen LogP contribution < -0.4 is 5.32 Å². The molecule has 0 heterocycles. The van der Waals surface area contributed by atoms with E-state index in [9.17, 15) is 14.7 Å². The summed E-state index contributed by atoms with van der Waals surface area (Å²) in [6.45, 7) is 2.71. The zero-order chi connectivity index (χ0) is 12.4. The average molecular weight is 237 g/mol. The van der Waals surface area contributed by atoms with Crippen molar-refractivity contribution in [2.45, 2.75) is 26.2 Å². The first-order valence-corrected chi connectivity index (χ1v) is 6.34. The minimum absolute atomic E-state index is 0.0550. The summed E-state index contributed by atoms with van der Waals surface area (Å²) in [7, 11) is 0. The number of hydrogen-bond acceptors (Lipinski definition) is 2. The number of carboxylic acid groups (broad SMARTS) is 1. The molecule has 4 atom stereocenters. The summed E-state index contributed by atoms with van der Waals surface area (Å²) in [4.78, 5) is 23.2. The zero-order valence-corrected chi connectivity index (χ0v) is 10.1. The molecule has 1 saturated carbocycles. The van der Waals surface area contributed by atoms with E-state index in [1.165, 1.54) is 0 Å². The number of hydrogen-bond donors (Lipinski definition) is 2. The predicted molar refractivity (Wildman–Crippen MR) is 63.3 cm³/mol. The number of fused-ring (bicyclic) bond motifs is 2. The summed E-state index contributed by atoms with van der Waals surface area (Å²) < 4.78 is 0. The van der Waals surface area contributed by atoms with E-state index in [0.717, 1.165) is 19.3 Å². The van der Waals surface area contributed by atoms with E-state index in [1.54, 1.807) is 0 Å². The molecule has 94 valence electrons. The van der Waals surface area contributed by atoms with Gasteiger partial charge in [-0.2, -0.15) is 0 Å². The van der Waals surface area contributed by atoms with Crippen molar-refractivity contribution in [3.05, 3.63) is 12.2 Å². The van der Waals surface area contributed by atoms with Gasteiger partial charge < -0.3 is 10.4 Å². The molecule has 0 radical (unpaired) electrons. The van der Waals surface area contributed by atoms with E-state index >= 15 is 0 Å². The lowest BCUT2D eigenvalue weighted by Gasteiger charge is -2.23. The summed E-state index contributed by atoms with van der Waals surface area (Å²) in [6, 6.07) is 0. The fourth-order valence-electron chi connectivity index (χ4n) is 3.02. The van der Waals surface area contributed by atoms with Crippen molar-refractivity contribution in [3.8, 4) is 0 Å². The third-order valence-corrected chi connectivity index (χ3v) is 3.88. The standard InChI is InChI=1S/C13H19NO3/c1-2-3-6-14-12(15)10-8-4-5-9(7-8)11(10)13(16)17/h4-5,8-11H,2-3,6-7H2,1H3,(H,14,15)(H,16,17)/t8?,9?,10-,11+/m0/s1. The molecule has 2 unspecified atom stereocenters. The topological polar surface area (TPSA) is 66.4 Å². The fraction of sp³-hybridized carbons (Fsp3) is 0.692. The fourth-order valence-corrected chi connectivity index (χ4v) is 3.02. The van der Waals surface area contributed by atoms with E-state index in [0.29, 0.717) is 6.54 Å². The number of carbonyl (C=O) groups is 2. The van der Waals surface area contributed by atoms with Crippen molar-refractivity contribution in [2.24, 2.45) is 23.7 Å². The molecule has 4 heteroatoms. The maximum atomic E-state index is 12.0. The van der Waals surface area contributed by atoms with Crippen molar-refractivity contribution >= 4 is 11.9 Å². The van der Waals surface area contributed by atoms with E-state index in [2.05, 4.69) is 12.2 Å². The first-order chi connectivity index (χ1) is 8.15. The van der Waals surface area contributed by atoms with Gasteiger partial charge in [-0.25, -0.2) is 0 Å². The number of rotatable bonds is 5. The maximum absolute atomic E-state index is 12.0. The number of allylic oxidation sites excluding steroid dienone is 2. The average Bonchev–Trinajstić information content (AvgIpc) is 2.88. The third-order valence-electron chi connectivity index (χ3n) is 3.88. The molecular formula is C13H19NO3. The second-order valence-electron chi connectivity index (χ2n) is 4.98. The van der Waals surface area contributed by atoms with Crippen molar-refractivity contribution in [3.63, 3.8) is 0 Å². The number of amides is 1. The van der Waals surface area contributed by atoms with Crippen LogP contribution in [0.3, 0.4) is 0 Å². The highest BCUT2D eigenvalue weighted by molar-refractivity contribution is 5.86. The Kier molecular flexibility index (Phi) is 3.50. The number of nitrogens with one attached hydrogen (secondary N) is 1. The van der Waals surface area contributed by atoms with Gasteiger partial charge in [-0.1, -0.05) is 25.5 Å². The highest BCUT2D eigenvalue weighted by atomic mass is 16.4. The van der Waals surface area contributed by atoms with Gasteiger partial charge in [-0.15, -0.1) is 0 Å². The molecule has 17 heavy (non-hydrogen) atoms. The molecule has 0 spiro atoms. The summed E-state index contributed by atoms with van der Waals surface area (Å²) in [6.07, 6.45) is 6.76. The van der Waals surface area contributed by atoms with E-state index < -0.39 is 11.9 Å². The Balaban J connectivity index is 2.01. The number of unbranched alkanes of at least 4 members (excludes halogenated alkanes) is 1. The van der Waals surface area contributed by atoms with Crippen molar-refractivity contribution < 1.29 is 14.7 Å². The SMILES string of the molecule is CCCCNC(=O)[C@H]1C2C=CC(C2)[C@H]1C(=O)O. The van der Waals surface area contributed by atoms with Crippen LogP contribution in [0.2, 0.25) is 0 Å². The Hall–Kier alpha value is -1.32. The minimum Gasteiger partial charge on any atom is -0.481 e. The Morgan fingerprint density at radius 2 is 1.94 bits per heavy atom. The second kappa shape index (κ2) is 4.90. The summed E-state index contributed by atoms with van der Waals surface area (Å²) >= 11 is 0. The van der Waals surface area contributed by atoms with Crippen molar-refractivity contribution in [1.29, 1.82) is 0 Å². The lowest BCUT2D eigenvalue weighted by molar-refractivity contribution is -0.147. The molecule has 2 aliphatic carbocycles. The summed E-state index contributed by atoms with van der Waals surface area (Å²) in [5.41, 5.74) is 0. The van der Waals surface area contributed by atoms with Crippen molar-refractivity contribution in [2.75, 3.05) is 6.54 Å². The molecule has 0 aromatic rings. The van der Waals surface area contributed by atoms with Crippen LogP contribution in [0.25, 0.3) is 0 Å². The van der Waals surface area contributed by atoms with E-state index in [-0.39, 0.29) is 23.7 Å². The minimum atomic E-state index is -0.836. The lowest BCUT2D eigenvalue weighted by Crippen LogP contribution is -2.40. The van der Waals surface area contributed by atoms with Crippen LogP contribution in [0.5, 0.6) is 0 Å². The van der Waals surface area contributed by atoms with E-state index in [1.807, 2.05) is 12.2 Å². The first kappa shape index (κ1) is 12.1. The molecule has 0 aromatic heterocycles. The summed E-state index contributed by atoms with van der Waals surface area (Å²) in [5, 5.41) is 12.1. The molecule has 2 rings (SSSR count). The second-order valence-corrected chi connectivity index (χ2v) is 4.98. The highest BCUT2D eigenvalue weighted by Crippen LogP contribution is 2.48. The number of carboxylic acids is 1. The molecule has 0 saturated heterocycles. The van der Waals surface area contributed by atoms with Crippen LogP contribution in [0.1, 0.15) is 26.2 Å². The largest absolute Gasteiger partial charge is 0.481 e. The molecule has 2 aliphatic rings. The maximum Gasteiger partial charge on any atom is 0.307 e. The number of carbonyl (C=O) groups excluding carboxylic acids is 1. The van der Waals surface area contributed by atoms with Gasteiger partial charge >= 0.3 is 5.97 Å². The van der Waals surface area contributed by atoms with Crippen LogP contribution >= 0.6 is 0 Å². The Bertz CT molecular complexity index is 351.